The largest absolute Gasteiger partial charge is 0.471 e. The highest BCUT2D eigenvalue weighted by Crippen LogP contribution is 2.40. The number of carbonyl (C=O) groups is 1. The van der Waals surface area contributed by atoms with Crippen LogP contribution in [0.5, 0.6) is 0 Å². The molecule has 12 heteroatoms. The molecule has 9 nitrogen and oxygen atoms in total. The summed E-state index contributed by atoms with van der Waals surface area (Å²) in [5.74, 6) is -2.19. The van der Waals surface area contributed by atoms with E-state index in [1.165, 1.54) is 6.92 Å². The molecule has 2 rings (SSSR count). The van der Waals surface area contributed by atoms with Crippen LogP contribution in [0.1, 0.15) is 52.7 Å². The number of alkyl halides is 3. The van der Waals surface area contributed by atoms with Crippen molar-refractivity contribution in [2.75, 3.05) is 19.8 Å². The molecule has 1 aromatic rings. The van der Waals surface area contributed by atoms with E-state index < -0.39 is 47.3 Å². The van der Waals surface area contributed by atoms with Gasteiger partial charge in [0, 0.05) is 25.5 Å². The summed E-state index contributed by atoms with van der Waals surface area (Å²) in [7, 11) is 0. The molecule has 32 heavy (non-hydrogen) atoms. The van der Waals surface area contributed by atoms with Crippen LogP contribution in [-0.4, -0.2) is 59.2 Å². The molecule has 0 bridgehead atoms. The van der Waals surface area contributed by atoms with Gasteiger partial charge in [-0.2, -0.15) is 13.2 Å². The van der Waals surface area contributed by atoms with Crippen molar-refractivity contribution in [3.63, 3.8) is 0 Å². The fourth-order valence-corrected chi connectivity index (χ4v) is 3.53. The van der Waals surface area contributed by atoms with Crippen molar-refractivity contribution in [2.45, 2.75) is 76.6 Å². The van der Waals surface area contributed by atoms with Gasteiger partial charge < -0.3 is 19.5 Å². The lowest BCUT2D eigenvalue weighted by Crippen LogP contribution is -2.61. The third-order valence-electron chi connectivity index (χ3n) is 5.21. The van der Waals surface area contributed by atoms with Crippen molar-refractivity contribution in [3.8, 4) is 0 Å². The first-order chi connectivity index (χ1) is 15.0. The highest BCUT2D eigenvalue weighted by Gasteiger charge is 2.58. The molecule has 0 unspecified atom stereocenters. The Bertz CT molecular complexity index is 871. The summed E-state index contributed by atoms with van der Waals surface area (Å²) in [4.78, 5) is 37.8. The molecule has 2 heterocycles. The third-order valence-corrected chi connectivity index (χ3v) is 5.21. The van der Waals surface area contributed by atoms with Crippen molar-refractivity contribution in [1.29, 1.82) is 0 Å². The molecule has 0 aromatic carbocycles. The average molecular weight is 465 g/mol. The van der Waals surface area contributed by atoms with Crippen molar-refractivity contribution in [3.05, 3.63) is 33.1 Å². The van der Waals surface area contributed by atoms with Gasteiger partial charge >= 0.3 is 17.8 Å². The van der Waals surface area contributed by atoms with E-state index in [-0.39, 0.29) is 13.2 Å². The van der Waals surface area contributed by atoms with Gasteiger partial charge in [0.05, 0.1) is 6.61 Å². The Kier molecular flexibility index (Phi) is 9.05. The number of amides is 1. The second kappa shape index (κ2) is 11.1. The van der Waals surface area contributed by atoms with Crippen molar-refractivity contribution in [1.82, 2.24) is 14.9 Å². The monoisotopic (exact) mass is 465 g/mol. The normalized spacial score (nSPS) is 25.8. The van der Waals surface area contributed by atoms with Gasteiger partial charge in [0.25, 0.3) is 5.56 Å². The van der Waals surface area contributed by atoms with E-state index in [2.05, 4.69) is 0 Å². The van der Waals surface area contributed by atoms with E-state index >= 15 is 0 Å². The molecule has 0 radical (unpaired) electrons. The highest BCUT2D eigenvalue weighted by atomic mass is 19.4. The first-order valence-electron chi connectivity index (χ1n) is 10.6. The van der Waals surface area contributed by atoms with Crippen molar-refractivity contribution < 1.29 is 32.2 Å². The number of aromatic amines is 1. The summed E-state index contributed by atoms with van der Waals surface area (Å²) in [5.41, 5.74) is -3.36. The zero-order chi connectivity index (χ0) is 23.9. The van der Waals surface area contributed by atoms with Crippen LogP contribution in [0.25, 0.3) is 0 Å². The maximum atomic E-state index is 13.1. The molecule has 1 saturated heterocycles. The summed E-state index contributed by atoms with van der Waals surface area (Å²) in [6.45, 7) is 5.83. The van der Waals surface area contributed by atoms with Gasteiger partial charge in [-0.15, -0.1) is 0 Å². The number of ether oxygens (including phenoxy) is 3. The van der Waals surface area contributed by atoms with Gasteiger partial charge in [0.1, 0.15) is 17.7 Å². The lowest BCUT2D eigenvalue weighted by molar-refractivity contribution is -0.178. The van der Waals surface area contributed by atoms with Crippen LogP contribution < -0.4 is 16.6 Å². The number of nitrogens with zero attached hydrogens (tertiary/aromatic N) is 1. The number of nitrogens with one attached hydrogen (secondary N) is 2. The Morgan fingerprint density at radius 2 is 1.91 bits per heavy atom. The second-order valence-corrected chi connectivity index (χ2v) is 7.85. The molecule has 182 valence electrons. The van der Waals surface area contributed by atoms with Crippen molar-refractivity contribution >= 4 is 5.91 Å². The second-order valence-electron chi connectivity index (χ2n) is 7.85. The van der Waals surface area contributed by atoms with Crippen molar-refractivity contribution in [2.24, 2.45) is 0 Å². The summed E-state index contributed by atoms with van der Waals surface area (Å²) < 4.78 is 57.7. The molecule has 2 N–H and O–H groups in total. The summed E-state index contributed by atoms with van der Waals surface area (Å²) in [6.07, 6.45) is -4.29. The van der Waals surface area contributed by atoms with E-state index in [9.17, 15) is 27.6 Å². The first kappa shape index (κ1) is 26.1. The number of rotatable bonds is 11. The van der Waals surface area contributed by atoms with Crippen LogP contribution >= 0.6 is 0 Å². The standard InChI is InChI=1S/C20H30F3N3O6/c1-4-6-10-30-12-13-15(31-11-7-5-2)19(3,25-16(28)20(21,22)23)17(32-13)26-9-8-14(27)24-18(26)29/h8-9,13,15,17H,4-7,10-12H2,1-3H3,(H,25,28)(H,24,27,29)/t13-,15-,17-,19-/m1/s1. The summed E-state index contributed by atoms with van der Waals surface area (Å²) in [5, 5.41) is 1.97. The van der Waals surface area contributed by atoms with Gasteiger partial charge in [-0.3, -0.25) is 19.1 Å². The average Bonchev–Trinajstić information content (AvgIpc) is 2.96. The van der Waals surface area contributed by atoms with Crippen LogP contribution in [0, 0.1) is 0 Å². The number of halogens is 3. The maximum Gasteiger partial charge on any atom is 0.471 e. The molecule has 1 aliphatic heterocycles. The van der Waals surface area contributed by atoms with E-state index in [1.54, 1.807) is 0 Å². The number of hydrogen-bond donors (Lipinski definition) is 2. The molecule has 1 amide bonds. The molecule has 1 aromatic heterocycles. The molecular weight excluding hydrogens is 435 g/mol. The van der Waals surface area contributed by atoms with E-state index in [0.29, 0.717) is 13.0 Å². The van der Waals surface area contributed by atoms with Crippen LogP contribution in [0.3, 0.4) is 0 Å². The molecule has 1 fully saturated rings. The molecule has 1 aliphatic rings. The highest BCUT2D eigenvalue weighted by molar-refractivity contribution is 5.82. The van der Waals surface area contributed by atoms with E-state index in [4.69, 9.17) is 14.2 Å². The Morgan fingerprint density at radius 3 is 2.50 bits per heavy atom. The number of aromatic nitrogens is 2. The minimum Gasteiger partial charge on any atom is -0.379 e. The van der Waals surface area contributed by atoms with Gasteiger partial charge in [-0.05, 0) is 19.8 Å². The van der Waals surface area contributed by atoms with Gasteiger partial charge in [-0.25, -0.2) is 4.79 Å². The smallest absolute Gasteiger partial charge is 0.379 e. The number of H-pyrrole nitrogens is 1. The Morgan fingerprint density at radius 1 is 1.25 bits per heavy atom. The van der Waals surface area contributed by atoms with Crippen LogP contribution in [0.15, 0.2) is 21.9 Å². The number of unbranched alkanes of at least 4 members (excludes halogenated alkanes) is 2. The fraction of sp³-hybridized carbons (Fsp3) is 0.750. The Balaban J connectivity index is 2.46. The minimum absolute atomic E-state index is 0.0110. The quantitative estimate of drug-likeness (QED) is 0.483. The molecule has 0 aliphatic carbocycles. The summed E-state index contributed by atoms with van der Waals surface area (Å²) >= 11 is 0. The minimum atomic E-state index is -5.16. The van der Waals surface area contributed by atoms with Crippen LogP contribution in [0.4, 0.5) is 13.2 Å². The molecule has 0 saturated carbocycles. The fourth-order valence-electron chi connectivity index (χ4n) is 3.53. The van der Waals surface area contributed by atoms with E-state index in [1.807, 2.05) is 24.1 Å². The molecular formula is C20H30F3N3O6. The maximum absolute atomic E-state index is 13.1. The number of carbonyl (C=O) groups excluding carboxylic acids is 1. The summed E-state index contributed by atoms with van der Waals surface area (Å²) in [6, 6.07) is 1.04. The molecule has 0 spiro atoms. The third kappa shape index (κ3) is 6.20. The zero-order valence-electron chi connectivity index (χ0n) is 18.4. The molecule has 4 atom stereocenters. The topological polar surface area (TPSA) is 112 Å². The predicted molar refractivity (Wildman–Crippen MR) is 108 cm³/mol. The van der Waals surface area contributed by atoms with Gasteiger partial charge in [-0.1, -0.05) is 26.7 Å². The SMILES string of the molecule is CCCCOC[C@H]1O[C@@H](n2ccc(=O)[nH]c2=O)[C@](C)(NC(=O)C(F)(F)F)[C@@H]1OCCCC. The lowest BCUT2D eigenvalue weighted by Gasteiger charge is -2.36. The Hall–Kier alpha value is -2.18. The zero-order valence-corrected chi connectivity index (χ0v) is 18.4. The lowest BCUT2D eigenvalue weighted by atomic mass is 9.91. The Labute approximate surface area is 183 Å². The van der Waals surface area contributed by atoms with Crippen LogP contribution in [-0.2, 0) is 19.0 Å². The van der Waals surface area contributed by atoms with E-state index in [0.717, 1.165) is 36.1 Å². The van der Waals surface area contributed by atoms with Gasteiger partial charge in [0.2, 0.25) is 0 Å². The number of hydrogen-bond acceptors (Lipinski definition) is 6. The predicted octanol–water partition coefficient (Wildman–Crippen LogP) is 1.87. The van der Waals surface area contributed by atoms with Crippen LogP contribution in [0.2, 0.25) is 0 Å². The first-order valence-corrected chi connectivity index (χ1v) is 10.6. The van der Waals surface area contributed by atoms with Gasteiger partial charge in [0.15, 0.2) is 6.23 Å².